The molecule has 2 rings (SSSR count). The fourth-order valence-electron chi connectivity index (χ4n) is 2.41. The molecule has 0 aliphatic rings. The highest BCUT2D eigenvalue weighted by Crippen LogP contribution is 2.22. The van der Waals surface area contributed by atoms with Crippen molar-refractivity contribution in [2.75, 3.05) is 25.1 Å². The largest absolute Gasteiger partial charge is 0.494 e. The molecule has 2 aromatic rings. The molecular formula is C20H26N2O5S. The van der Waals surface area contributed by atoms with Gasteiger partial charge in [0.1, 0.15) is 11.5 Å². The van der Waals surface area contributed by atoms with Crippen LogP contribution in [0.15, 0.2) is 47.4 Å². The molecule has 0 radical (unpaired) electrons. The Bertz CT molecular complexity index is 895. The number of amides is 1. The lowest BCUT2D eigenvalue weighted by Gasteiger charge is -2.12. The third kappa shape index (κ3) is 6.24. The van der Waals surface area contributed by atoms with Crippen molar-refractivity contribution in [1.29, 1.82) is 0 Å². The van der Waals surface area contributed by atoms with Crippen molar-refractivity contribution in [1.82, 2.24) is 4.72 Å². The number of benzene rings is 2. The first-order valence-corrected chi connectivity index (χ1v) is 10.6. The van der Waals surface area contributed by atoms with Crippen molar-refractivity contribution in [3.05, 3.63) is 48.0 Å². The van der Waals surface area contributed by atoms with Crippen molar-refractivity contribution in [2.24, 2.45) is 0 Å². The number of rotatable bonds is 10. The molecule has 1 amide bonds. The van der Waals surface area contributed by atoms with Crippen molar-refractivity contribution < 1.29 is 22.7 Å². The van der Waals surface area contributed by atoms with Gasteiger partial charge in [-0.2, -0.15) is 0 Å². The summed E-state index contributed by atoms with van der Waals surface area (Å²) in [6.07, 6.45) is 0.711. The Labute approximate surface area is 166 Å². The van der Waals surface area contributed by atoms with Crippen molar-refractivity contribution >= 4 is 21.6 Å². The van der Waals surface area contributed by atoms with Crippen LogP contribution in [0.25, 0.3) is 0 Å². The molecule has 0 unspecified atom stereocenters. The van der Waals surface area contributed by atoms with E-state index < -0.39 is 10.0 Å². The molecule has 0 bridgehead atoms. The first-order chi connectivity index (χ1) is 13.4. The number of nitrogens with one attached hydrogen (secondary N) is 2. The minimum absolute atomic E-state index is 0.171. The van der Waals surface area contributed by atoms with E-state index in [-0.39, 0.29) is 17.4 Å². The molecule has 0 spiro atoms. The highest BCUT2D eigenvalue weighted by Gasteiger charge is 2.15. The van der Waals surface area contributed by atoms with Gasteiger partial charge in [-0.05, 0) is 68.3 Å². The Morgan fingerprint density at radius 2 is 1.75 bits per heavy atom. The molecule has 0 aromatic heterocycles. The quantitative estimate of drug-likeness (QED) is 0.632. The zero-order valence-corrected chi connectivity index (χ0v) is 17.1. The normalized spacial score (nSPS) is 11.1. The standard InChI is InChI=1S/C20H26N2O5S/c1-4-12-21-28(24,25)18-10-11-19(15(3)13-18)27-14-20(23)22-16-6-8-17(9-7-16)26-5-2/h6-11,13,21H,4-5,12,14H2,1-3H3,(H,22,23). The second-order valence-electron chi connectivity index (χ2n) is 6.12. The lowest BCUT2D eigenvalue weighted by Crippen LogP contribution is -2.24. The summed E-state index contributed by atoms with van der Waals surface area (Å²) in [4.78, 5) is 12.2. The van der Waals surface area contributed by atoms with E-state index in [9.17, 15) is 13.2 Å². The number of carbonyl (C=O) groups excluding carboxylic acids is 1. The molecule has 28 heavy (non-hydrogen) atoms. The van der Waals surface area contributed by atoms with Crippen LogP contribution >= 0.6 is 0 Å². The summed E-state index contributed by atoms with van der Waals surface area (Å²) in [7, 11) is -3.54. The highest BCUT2D eigenvalue weighted by molar-refractivity contribution is 7.89. The molecule has 0 aliphatic heterocycles. The van der Waals surface area contributed by atoms with Crippen molar-refractivity contribution in [3.8, 4) is 11.5 Å². The summed E-state index contributed by atoms with van der Waals surface area (Å²) in [5, 5.41) is 2.73. The smallest absolute Gasteiger partial charge is 0.262 e. The molecule has 7 nitrogen and oxygen atoms in total. The summed E-state index contributed by atoms with van der Waals surface area (Å²) < 4.78 is 37.7. The maximum Gasteiger partial charge on any atom is 0.262 e. The zero-order chi connectivity index (χ0) is 20.6. The van der Waals surface area contributed by atoms with E-state index in [1.807, 2.05) is 13.8 Å². The monoisotopic (exact) mass is 406 g/mol. The molecular weight excluding hydrogens is 380 g/mol. The van der Waals surface area contributed by atoms with Crippen LogP contribution in [0, 0.1) is 6.92 Å². The van der Waals surface area contributed by atoms with E-state index in [0.717, 1.165) is 5.75 Å². The fraction of sp³-hybridized carbons (Fsp3) is 0.350. The fourth-order valence-corrected chi connectivity index (χ4v) is 3.63. The molecule has 0 fully saturated rings. The van der Waals surface area contributed by atoms with Gasteiger partial charge in [0.15, 0.2) is 6.61 Å². The third-order valence-electron chi connectivity index (χ3n) is 3.81. The van der Waals surface area contributed by atoms with Crippen LogP contribution in [0.5, 0.6) is 11.5 Å². The van der Waals surface area contributed by atoms with Crippen LogP contribution in [0.2, 0.25) is 0 Å². The molecule has 0 heterocycles. The average molecular weight is 407 g/mol. The number of sulfonamides is 1. The van der Waals surface area contributed by atoms with Crippen LogP contribution in [-0.2, 0) is 14.8 Å². The molecule has 2 aromatic carbocycles. The van der Waals surface area contributed by atoms with Gasteiger partial charge in [-0.3, -0.25) is 4.79 Å². The van der Waals surface area contributed by atoms with Crippen LogP contribution < -0.4 is 19.5 Å². The molecule has 0 aliphatic carbocycles. The molecule has 0 saturated heterocycles. The van der Waals surface area contributed by atoms with Crippen molar-refractivity contribution in [3.63, 3.8) is 0 Å². The second-order valence-corrected chi connectivity index (χ2v) is 7.89. The zero-order valence-electron chi connectivity index (χ0n) is 16.3. The number of ether oxygens (including phenoxy) is 2. The van der Waals surface area contributed by atoms with Crippen LogP contribution in [0.3, 0.4) is 0 Å². The first-order valence-electron chi connectivity index (χ1n) is 9.11. The third-order valence-corrected chi connectivity index (χ3v) is 5.27. The van der Waals surface area contributed by atoms with Crippen LogP contribution in [-0.4, -0.2) is 34.1 Å². The van der Waals surface area contributed by atoms with E-state index in [1.165, 1.54) is 12.1 Å². The summed E-state index contributed by atoms with van der Waals surface area (Å²) >= 11 is 0. The molecule has 0 saturated carbocycles. The van der Waals surface area contributed by atoms with E-state index in [0.29, 0.717) is 36.6 Å². The van der Waals surface area contributed by atoms with E-state index >= 15 is 0 Å². The number of aryl methyl sites for hydroxylation is 1. The predicted octanol–water partition coefficient (Wildman–Crippen LogP) is 3.10. The average Bonchev–Trinajstić information content (AvgIpc) is 2.67. The van der Waals surface area contributed by atoms with Gasteiger partial charge < -0.3 is 14.8 Å². The van der Waals surface area contributed by atoms with Gasteiger partial charge in [-0.25, -0.2) is 13.1 Å². The molecule has 152 valence electrons. The maximum absolute atomic E-state index is 12.2. The summed E-state index contributed by atoms with van der Waals surface area (Å²) in [5.41, 5.74) is 1.27. The second kappa shape index (κ2) is 10.1. The van der Waals surface area contributed by atoms with Gasteiger partial charge in [0.25, 0.3) is 5.91 Å². The summed E-state index contributed by atoms with van der Waals surface area (Å²) in [5.74, 6) is 0.872. The molecule has 0 atom stereocenters. The highest BCUT2D eigenvalue weighted by atomic mass is 32.2. The molecule has 2 N–H and O–H groups in total. The molecule has 8 heteroatoms. The Morgan fingerprint density at radius 1 is 1.04 bits per heavy atom. The minimum atomic E-state index is -3.54. The number of hydrogen-bond acceptors (Lipinski definition) is 5. The van der Waals surface area contributed by atoms with Gasteiger partial charge in [-0.15, -0.1) is 0 Å². The van der Waals surface area contributed by atoms with E-state index in [2.05, 4.69) is 10.0 Å². The van der Waals surface area contributed by atoms with Gasteiger partial charge in [-0.1, -0.05) is 6.92 Å². The Morgan fingerprint density at radius 3 is 2.36 bits per heavy atom. The topological polar surface area (TPSA) is 93.7 Å². The van der Waals surface area contributed by atoms with Gasteiger partial charge in [0.05, 0.1) is 11.5 Å². The van der Waals surface area contributed by atoms with Crippen LogP contribution in [0.1, 0.15) is 25.8 Å². The van der Waals surface area contributed by atoms with E-state index in [4.69, 9.17) is 9.47 Å². The van der Waals surface area contributed by atoms with E-state index in [1.54, 1.807) is 37.3 Å². The Hall–Kier alpha value is -2.58. The summed E-state index contributed by atoms with van der Waals surface area (Å²) in [6.45, 7) is 6.30. The lowest BCUT2D eigenvalue weighted by atomic mass is 10.2. The maximum atomic E-state index is 12.2. The number of hydrogen-bond donors (Lipinski definition) is 2. The number of carbonyl (C=O) groups is 1. The Kier molecular flexibility index (Phi) is 7.83. The minimum Gasteiger partial charge on any atom is -0.494 e. The lowest BCUT2D eigenvalue weighted by molar-refractivity contribution is -0.118. The number of anilines is 1. The van der Waals surface area contributed by atoms with Gasteiger partial charge in [0.2, 0.25) is 10.0 Å². The van der Waals surface area contributed by atoms with Gasteiger partial charge >= 0.3 is 0 Å². The van der Waals surface area contributed by atoms with Crippen molar-refractivity contribution in [2.45, 2.75) is 32.1 Å². The summed E-state index contributed by atoms with van der Waals surface area (Å²) in [6, 6.07) is 11.6. The predicted molar refractivity (Wildman–Crippen MR) is 108 cm³/mol. The SMILES string of the molecule is CCCNS(=O)(=O)c1ccc(OCC(=O)Nc2ccc(OCC)cc2)c(C)c1. The Balaban J connectivity index is 1.94. The van der Waals surface area contributed by atoms with Gasteiger partial charge in [0, 0.05) is 12.2 Å². The van der Waals surface area contributed by atoms with Crippen LogP contribution in [0.4, 0.5) is 5.69 Å². The first kappa shape index (κ1) is 21.7.